The summed E-state index contributed by atoms with van der Waals surface area (Å²) in [5.74, 6) is -0.304. The Bertz CT molecular complexity index is 753. The number of rotatable bonds is 6. The molecule has 0 bridgehead atoms. The number of nitro groups is 1. The molecule has 0 fully saturated rings. The average molecular weight is 378 g/mol. The van der Waals surface area contributed by atoms with Crippen LogP contribution in [0.15, 0.2) is 23.2 Å². The molecule has 1 unspecified atom stereocenters. The van der Waals surface area contributed by atoms with E-state index in [4.69, 9.17) is 10.5 Å². The van der Waals surface area contributed by atoms with E-state index in [0.717, 1.165) is 41.9 Å². The molecule has 1 aromatic carbocycles. The van der Waals surface area contributed by atoms with Crippen LogP contribution in [0.2, 0.25) is 0 Å². The number of hydrogen-bond acceptors (Lipinski definition) is 8. The number of benzene rings is 1. The molecule has 1 aromatic rings. The number of nitrogens with two attached hydrogens (primary N) is 1. The second kappa shape index (κ2) is 7.96. The van der Waals surface area contributed by atoms with Gasteiger partial charge < -0.3 is 20.7 Å². The standard InChI is InChI=1S/C17H22N4O4S/c1-2-25-16(22)8-13-10-26-17(18)20(13)9-11-6-12(21(23)24)7-15-14(11)4-3-5-19-15/h6-7,10,17,19H,2-5,8-9,18H2,1H3. The number of carbonyl (C=O) groups excluding carboxylic acids is 1. The second-order valence-corrected chi connectivity index (χ2v) is 7.15. The highest BCUT2D eigenvalue weighted by Crippen LogP contribution is 2.36. The van der Waals surface area contributed by atoms with Crippen molar-refractivity contribution in [1.29, 1.82) is 0 Å². The fourth-order valence-electron chi connectivity index (χ4n) is 3.23. The van der Waals surface area contributed by atoms with Crippen LogP contribution in [0.4, 0.5) is 11.4 Å². The number of hydrogen-bond donors (Lipinski definition) is 2. The zero-order chi connectivity index (χ0) is 18.7. The SMILES string of the molecule is CCOC(=O)CC1=CSC(N)N1Cc1cc([N+](=O)[O-])cc2c1CCCN2. The summed E-state index contributed by atoms with van der Waals surface area (Å²) in [5, 5.41) is 16.4. The van der Waals surface area contributed by atoms with Gasteiger partial charge in [0.15, 0.2) is 0 Å². The molecule has 0 spiro atoms. The van der Waals surface area contributed by atoms with Crippen LogP contribution in [-0.2, 0) is 22.5 Å². The van der Waals surface area contributed by atoms with Crippen LogP contribution in [0, 0.1) is 10.1 Å². The zero-order valence-electron chi connectivity index (χ0n) is 14.6. The lowest BCUT2D eigenvalue weighted by atomic mass is 9.96. The number of ether oxygens (including phenoxy) is 1. The topological polar surface area (TPSA) is 111 Å². The van der Waals surface area contributed by atoms with E-state index >= 15 is 0 Å². The minimum Gasteiger partial charge on any atom is -0.466 e. The molecule has 2 heterocycles. The van der Waals surface area contributed by atoms with Crippen molar-refractivity contribution in [1.82, 2.24) is 4.90 Å². The molecular formula is C17H22N4O4S. The van der Waals surface area contributed by atoms with E-state index in [9.17, 15) is 14.9 Å². The van der Waals surface area contributed by atoms with Crippen molar-refractivity contribution in [2.75, 3.05) is 18.5 Å². The Morgan fingerprint density at radius 3 is 3.08 bits per heavy atom. The molecule has 26 heavy (non-hydrogen) atoms. The van der Waals surface area contributed by atoms with Crippen LogP contribution in [0.25, 0.3) is 0 Å². The first-order valence-corrected chi connectivity index (χ1v) is 9.50. The van der Waals surface area contributed by atoms with E-state index in [1.54, 1.807) is 19.1 Å². The molecule has 0 saturated carbocycles. The van der Waals surface area contributed by atoms with E-state index in [1.807, 2.05) is 10.3 Å². The van der Waals surface area contributed by atoms with E-state index in [0.29, 0.717) is 13.2 Å². The van der Waals surface area contributed by atoms with E-state index in [2.05, 4.69) is 5.32 Å². The molecule has 1 atom stereocenters. The summed E-state index contributed by atoms with van der Waals surface area (Å²) < 4.78 is 5.02. The summed E-state index contributed by atoms with van der Waals surface area (Å²) in [7, 11) is 0. The van der Waals surface area contributed by atoms with Crippen molar-refractivity contribution in [2.24, 2.45) is 5.73 Å². The molecule has 140 valence electrons. The molecule has 8 nitrogen and oxygen atoms in total. The fourth-order valence-corrected chi connectivity index (χ4v) is 4.11. The third-order valence-corrected chi connectivity index (χ3v) is 5.39. The molecule has 2 aliphatic rings. The van der Waals surface area contributed by atoms with Crippen molar-refractivity contribution in [3.63, 3.8) is 0 Å². The van der Waals surface area contributed by atoms with Crippen molar-refractivity contribution >= 4 is 29.1 Å². The molecule has 3 N–H and O–H groups in total. The average Bonchev–Trinajstić information content (AvgIpc) is 2.95. The molecule has 3 rings (SSSR count). The van der Waals surface area contributed by atoms with Gasteiger partial charge in [0, 0.05) is 36.6 Å². The third kappa shape index (κ3) is 3.94. The number of fused-ring (bicyclic) bond motifs is 1. The van der Waals surface area contributed by atoms with Gasteiger partial charge in [-0.1, -0.05) is 11.8 Å². The highest BCUT2D eigenvalue weighted by molar-refractivity contribution is 8.02. The predicted molar refractivity (Wildman–Crippen MR) is 100 cm³/mol. The summed E-state index contributed by atoms with van der Waals surface area (Å²) in [6.07, 6.45) is 1.98. The molecular weight excluding hydrogens is 356 g/mol. The number of anilines is 1. The Morgan fingerprint density at radius 2 is 2.35 bits per heavy atom. The Kier molecular flexibility index (Phi) is 5.67. The minimum absolute atomic E-state index is 0.0597. The molecule has 2 aliphatic heterocycles. The maximum absolute atomic E-state index is 11.8. The van der Waals surface area contributed by atoms with Gasteiger partial charge in [0.2, 0.25) is 0 Å². The van der Waals surface area contributed by atoms with Crippen molar-refractivity contribution in [3.05, 3.63) is 44.5 Å². The Hall–Kier alpha value is -2.26. The van der Waals surface area contributed by atoms with Gasteiger partial charge in [-0.25, -0.2) is 0 Å². The lowest BCUT2D eigenvalue weighted by molar-refractivity contribution is -0.384. The summed E-state index contributed by atoms with van der Waals surface area (Å²) in [5.41, 5.74) is 9.46. The van der Waals surface area contributed by atoms with Gasteiger partial charge in [-0.05, 0) is 36.3 Å². The van der Waals surface area contributed by atoms with Crippen LogP contribution < -0.4 is 11.1 Å². The second-order valence-electron chi connectivity index (χ2n) is 6.16. The predicted octanol–water partition coefficient (Wildman–Crippen LogP) is 2.54. The van der Waals surface area contributed by atoms with Crippen LogP contribution in [0.1, 0.15) is 30.9 Å². The highest BCUT2D eigenvalue weighted by Gasteiger charge is 2.28. The lowest BCUT2D eigenvalue weighted by Crippen LogP contribution is -2.36. The number of esters is 1. The molecule has 0 saturated heterocycles. The first-order chi connectivity index (χ1) is 12.5. The smallest absolute Gasteiger partial charge is 0.311 e. The van der Waals surface area contributed by atoms with Crippen LogP contribution in [0.5, 0.6) is 0 Å². The Balaban J connectivity index is 1.86. The summed E-state index contributed by atoms with van der Waals surface area (Å²) in [4.78, 5) is 24.7. The number of nitrogens with zero attached hydrogens (tertiary/aromatic N) is 2. The first kappa shape index (κ1) is 18.5. The molecule has 0 aliphatic carbocycles. The van der Waals surface area contributed by atoms with Gasteiger partial charge in [0.1, 0.15) is 5.50 Å². The monoisotopic (exact) mass is 378 g/mol. The summed E-state index contributed by atoms with van der Waals surface area (Å²) >= 11 is 1.43. The largest absolute Gasteiger partial charge is 0.466 e. The van der Waals surface area contributed by atoms with Crippen molar-refractivity contribution in [2.45, 2.75) is 38.2 Å². The summed E-state index contributed by atoms with van der Waals surface area (Å²) in [6.45, 7) is 3.32. The lowest BCUT2D eigenvalue weighted by Gasteiger charge is -2.29. The minimum atomic E-state index is -0.381. The first-order valence-electron chi connectivity index (χ1n) is 8.56. The van der Waals surface area contributed by atoms with Crippen molar-refractivity contribution < 1.29 is 14.5 Å². The van der Waals surface area contributed by atoms with Crippen LogP contribution in [0.3, 0.4) is 0 Å². The van der Waals surface area contributed by atoms with Gasteiger partial charge in [0.05, 0.1) is 18.0 Å². The van der Waals surface area contributed by atoms with Crippen LogP contribution >= 0.6 is 11.8 Å². The van der Waals surface area contributed by atoms with E-state index < -0.39 is 0 Å². The normalized spacial score (nSPS) is 18.8. The van der Waals surface area contributed by atoms with Crippen LogP contribution in [-0.4, -0.2) is 34.4 Å². The highest BCUT2D eigenvalue weighted by atomic mass is 32.2. The number of non-ortho nitro benzene ring substituents is 1. The number of carbonyl (C=O) groups is 1. The molecule has 0 radical (unpaired) electrons. The van der Waals surface area contributed by atoms with Gasteiger partial charge in [0.25, 0.3) is 5.69 Å². The number of nitro benzene ring substituents is 1. The maximum Gasteiger partial charge on any atom is 0.311 e. The molecule has 0 amide bonds. The maximum atomic E-state index is 11.8. The van der Waals surface area contributed by atoms with Gasteiger partial charge in [-0.2, -0.15) is 0 Å². The fraction of sp³-hybridized carbons (Fsp3) is 0.471. The Morgan fingerprint density at radius 1 is 1.54 bits per heavy atom. The van der Waals surface area contributed by atoms with Gasteiger partial charge in [-0.15, -0.1) is 0 Å². The third-order valence-electron chi connectivity index (χ3n) is 4.45. The number of nitrogens with one attached hydrogen (secondary N) is 1. The zero-order valence-corrected chi connectivity index (χ0v) is 15.4. The molecule has 0 aromatic heterocycles. The summed E-state index contributed by atoms with van der Waals surface area (Å²) in [6, 6.07) is 3.20. The van der Waals surface area contributed by atoms with E-state index in [-0.39, 0.29) is 28.5 Å². The number of thioether (sulfide) groups is 1. The van der Waals surface area contributed by atoms with E-state index in [1.165, 1.54) is 11.8 Å². The Labute approximate surface area is 155 Å². The van der Waals surface area contributed by atoms with Crippen molar-refractivity contribution in [3.8, 4) is 0 Å². The quantitative estimate of drug-likeness (QED) is 0.441. The molecule has 9 heteroatoms. The van der Waals surface area contributed by atoms with Gasteiger partial charge >= 0.3 is 5.97 Å². The van der Waals surface area contributed by atoms with Gasteiger partial charge in [-0.3, -0.25) is 14.9 Å².